The summed E-state index contributed by atoms with van der Waals surface area (Å²) in [6, 6.07) is 4.14. The van der Waals surface area contributed by atoms with Crippen LogP contribution in [-0.2, 0) is 10.0 Å². The lowest BCUT2D eigenvalue weighted by Crippen LogP contribution is -2.44. The summed E-state index contributed by atoms with van der Waals surface area (Å²) in [5, 5.41) is 0.490. The van der Waals surface area contributed by atoms with Crippen molar-refractivity contribution in [3.63, 3.8) is 0 Å². The molecule has 0 spiro atoms. The summed E-state index contributed by atoms with van der Waals surface area (Å²) in [6.07, 6.45) is 4.27. The van der Waals surface area contributed by atoms with Gasteiger partial charge in [-0.15, -0.1) is 12.4 Å². The molecule has 1 unspecified atom stereocenters. The van der Waals surface area contributed by atoms with E-state index in [1.165, 1.54) is 12.1 Å². The number of benzene rings is 1. The predicted octanol–water partition coefficient (Wildman–Crippen LogP) is 3.21. The molecule has 0 amide bonds. The second-order valence-electron chi connectivity index (χ2n) is 5.08. The van der Waals surface area contributed by atoms with Gasteiger partial charge >= 0.3 is 0 Å². The molecule has 0 bridgehead atoms. The van der Waals surface area contributed by atoms with E-state index >= 15 is 0 Å². The van der Waals surface area contributed by atoms with Crippen LogP contribution < -0.4 is 10.5 Å². The fraction of sp³-hybridized carbons (Fsp3) is 0.538. The van der Waals surface area contributed by atoms with Crippen LogP contribution in [0.25, 0.3) is 0 Å². The summed E-state index contributed by atoms with van der Waals surface area (Å²) in [7, 11) is -3.71. The molecule has 0 aromatic heterocycles. The van der Waals surface area contributed by atoms with Crippen molar-refractivity contribution in [3.05, 3.63) is 28.2 Å². The first-order valence-electron chi connectivity index (χ1n) is 6.61. The topological polar surface area (TPSA) is 72.2 Å². The Labute approximate surface area is 141 Å². The van der Waals surface area contributed by atoms with E-state index in [4.69, 9.17) is 28.9 Å². The van der Waals surface area contributed by atoms with Gasteiger partial charge in [-0.05, 0) is 37.0 Å². The second-order valence-corrected chi connectivity index (χ2v) is 7.61. The van der Waals surface area contributed by atoms with E-state index in [2.05, 4.69) is 4.72 Å². The largest absolute Gasteiger partial charge is 0.329 e. The molecule has 120 valence electrons. The molecule has 4 nitrogen and oxygen atoms in total. The van der Waals surface area contributed by atoms with Crippen LogP contribution in [0, 0.1) is 5.92 Å². The Morgan fingerprint density at radius 2 is 1.90 bits per heavy atom. The van der Waals surface area contributed by atoms with Crippen molar-refractivity contribution in [3.8, 4) is 0 Å². The van der Waals surface area contributed by atoms with E-state index < -0.39 is 10.0 Å². The van der Waals surface area contributed by atoms with Crippen molar-refractivity contribution in [2.45, 2.75) is 36.6 Å². The van der Waals surface area contributed by atoms with Gasteiger partial charge in [0.2, 0.25) is 10.0 Å². The van der Waals surface area contributed by atoms with Crippen molar-refractivity contribution in [1.82, 2.24) is 4.72 Å². The van der Waals surface area contributed by atoms with Crippen LogP contribution in [0.15, 0.2) is 23.1 Å². The Bertz CT molecular complexity index is 575. The van der Waals surface area contributed by atoms with Crippen molar-refractivity contribution >= 4 is 45.6 Å². The van der Waals surface area contributed by atoms with Gasteiger partial charge in [0.05, 0.1) is 5.02 Å². The quantitative estimate of drug-likeness (QED) is 0.832. The third-order valence-corrected chi connectivity index (χ3v) is 5.92. The number of nitrogens with one attached hydrogen (secondary N) is 1. The standard InChI is InChI=1S/C13H18Cl2N2O2S.ClH/c14-10-5-6-11(15)13(7-10)20(18,19)17-12(8-16)9-3-1-2-4-9;/h5-7,9,12,17H,1-4,8,16H2;1H. The summed E-state index contributed by atoms with van der Waals surface area (Å²) in [5.74, 6) is 0.299. The fourth-order valence-corrected chi connectivity index (χ4v) is 4.72. The third-order valence-electron chi connectivity index (χ3n) is 3.71. The molecule has 3 N–H and O–H groups in total. The zero-order chi connectivity index (χ0) is 14.8. The Balaban J connectivity index is 0.00000220. The second kappa shape index (κ2) is 7.99. The molecule has 1 aromatic rings. The van der Waals surface area contributed by atoms with Gasteiger partial charge in [-0.25, -0.2) is 13.1 Å². The minimum Gasteiger partial charge on any atom is -0.329 e. The molecule has 8 heteroatoms. The van der Waals surface area contributed by atoms with E-state index in [-0.39, 0.29) is 34.9 Å². The number of hydrogen-bond acceptors (Lipinski definition) is 3. The first-order valence-corrected chi connectivity index (χ1v) is 8.85. The van der Waals surface area contributed by atoms with Crippen LogP contribution in [0.4, 0.5) is 0 Å². The number of nitrogens with two attached hydrogens (primary N) is 1. The first-order chi connectivity index (χ1) is 9.44. The molecule has 0 saturated heterocycles. The maximum Gasteiger partial charge on any atom is 0.242 e. The minimum atomic E-state index is -3.71. The van der Waals surface area contributed by atoms with Crippen LogP contribution in [0.3, 0.4) is 0 Å². The van der Waals surface area contributed by atoms with E-state index in [1.807, 2.05) is 0 Å². The summed E-state index contributed by atoms with van der Waals surface area (Å²) in [4.78, 5) is 0.00288. The fourth-order valence-electron chi connectivity index (χ4n) is 2.64. The Kier molecular flexibility index (Phi) is 7.24. The normalized spacial score (nSPS) is 17.5. The monoisotopic (exact) mass is 372 g/mol. The molecule has 0 heterocycles. The van der Waals surface area contributed by atoms with Gasteiger partial charge in [-0.2, -0.15) is 0 Å². The summed E-state index contributed by atoms with van der Waals surface area (Å²) in [6.45, 7) is 0.280. The van der Waals surface area contributed by atoms with Gasteiger partial charge in [0.15, 0.2) is 0 Å². The number of hydrogen-bond donors (Lipinski definition) is 2. The highest BCUT2D eigenvalue weighted by molar-refractivity contribution is 7.89. The van der Waals surface area contributed by atoms with E-state index in [1.54, 1.807) is 6.07 Å². The molecule has 2 rings (SSSR count). The highest BCUT2D eigenvalue weighted by Crippen LogP contribution is 2.29. The molecule has 0 radical (unpaired) electrons. The van der Waals surface area contributed by atoms with Crippen molar-refractivity contribution in [1.29, 1.82) is 0 Å². The predicted molar refractivity (Wildman–Crippen MR) is 88.8 cm³/mol. The highest BCUT2D eigenvalue weighted by atomic mass is 35.5. The first kappa shape index (κ1) is 19.0. The van der Waals surface area contributed by atoms with E-state index in [0.29, 0.717) is 10.9 Å². The molecule has 1 aliphatic carbocycles. The van der Waals surface area contributed by atoms with E-state index in [9.17, 15) is 8.42 Å². The van der Waals surface area contributed by atoms with Crippen LogP contribution >= 0.6 is 35.6 Å². The number of halogens is 3. The molecule has 1 fully saturated rings. The molecule has 21 heavy (non-hydrogen) atoms. The minimum absolute atomic E-state index is 0. The lowest BCUT2D eigenvalue weighted by atomic mass is 9.99. The molecule has 1 aromatic carbocycles. The van der Waals surface area contributed by atoms with Gasteiger partial charge < -0.3 is 5.73 Å². The van der Waals surface area contributed by atoms with Gasteiger partial charge in [0.1, 0.15) is 4.90 Å². The average molecular weight is 374 g/mol. The van der Waals surface area contributed by atoms with E-state index in [0.717, 1.165) is 25.7 Å². The lowest BCUT2D eigenvalue weighted by Gasteiger charge is -2.23. The van der Waals surface area contributed by atoms with Gasteiger partial charge in [0.25, 0.3) is 0 Å². The SMILES string of the molecule is Cl.NCC(NS(=O)(=O)c1cc(Cl)ccc1Cl)C1CCCC1. The molecular weight excluding hydrogens is 355 g/mol. The van der Waals surface area contributed by atoms with Crippen molar-refractivity contribution < 1.29 is 8.42 Å². The van der Waals surface area contributed by atoms with Gasteiger partial charge in [-0.1, -0.05) is 36.0 Å². The van der Waals surface area contributed by atoms with Gasteiger partial charge in [-0.3, -0.25) is 0 Å². The van der Waals surface area contributed by atoms with Crippen LogP contribution in [0.5, 0.6) is 0 Å². The van der Waals surface area contributed by atoms with Crippen LogP contribution in [0.2, 0.25) is 10.0 Å². The van der Waals surface area contributed by atoms with Crippen LogP contribution in [0.1, 0.15) is 25.7 Å². The summed E-state index contributed by atoms with van der Waals surface area (Å²) < 4.78 is 27.5. The smallest absolute Gasteiger partial charge is 0.242 e. The Hall–Kier alpha value is -0.0400. The van der Waals surface area contributed by atoms with Crippen LogP contribution in [-0.4, -0.2) is 21.0 Å². The zero-order valence-corrected chi connectivity index (χ0v) is 14.5. The highest BCUT2D eigenvalue weighted by Gasteiger charge is 2.29. The Morgan fingerprint density at radius 1 is 1.29 bits per heavy atom. The third kappa shape index (κ3) is 4.71. The molecule has 0 aliphatic heterocycles. The maximum absolute atomic E-state index is 12.4. The lowest BCUT2D eigenvalue weighted by molar-refractivity contribution is 0.405. The molecular formula is C13H19Cl3N2O2S. The summed E-state index contributed by atoms with van der Waals surface area (Å²) >= 11 is 11.8. The summed E-state index contributed by atoms with van der Waals surface area (Å²) in [5.41, 5.74) is 5.72. The molecule has 1 saturated carbocycles. The van der Waals surface area contributed by atoms with Crippen molar-refractivity contribution in [2.75, 3.05) is 6.54 Å². The zero-order valence-electron chi connectivity index (χ0n) is 11.4. The van der Waals surface area contributed by atoms with Crippen molar-refractivity contribution in [2.24, 2.45) is 11.7 Å². The number of rotatable bonds is 5. The average Bonchev–Trinajstić information content (AvgIpc) is 2.92. The maximum atomic E-state index is 12.4. The number of sulfonamides is 1. The molecule has 1 atom stereocenters. The molecule has 1 aliphatic rings. The van der Waals surface area contributed by atoms with Gasteiger partial charge in [0, 0.05) is 17.6 Å². The Morgan fingerprint density at radius 3 is 2.48 bits per heavy atom.